The number of imidazole rings is 1. The predicted molar refractivity (Wildman–Crippen MR) is 96.5 cm³/mol. The van der Waals surface area contributed by atoms with Crippen molar-refractivity contribution in [1.29, 1.82) is 0 Å². The summed E-state index contributed by atoms with van der Waals surface area (Å²) in [5.74, 6) is 0.779. The number of rotatable bonds is 6. The number of hydrogen-bond acceptors (Lipinski definition) is 3. The van der Waals surface area contributed by atoms with E-state index in [2.05, 4.69) is 24.1 Å². The number of aromatic nitrogens is 2. The average molecular weight is 352 g/mol. The van der Waals surface area contributed by atoms with Gasteiger partial charge < -0.3 is 5.32 Å². The van der Waals surface area contributed by atoms with Crippen LogP contribution in [0.3, 0.4) is 0 Å². The van der Waals surface area contributed by atoms with Crippen LogP contribution in [-0.4, -0.2) is 27.3 Å². The molecule has 0 aliphatic carbocycles. The highest BCUT2D eigenvalue weighted by Crippen LogP contribution is 2.26. The van der Waals surface area contributed by atoms with Gasteiger partial charge in [0.15, 0.2) is 5.16 Å². The van der Waals surface area contributed by atoms with Gasteiger partial charge in [0.25, 0.3) is 0 Å². The van der Waals surface area contributed by atoms with Crippen molar-refractivity contribution in [2.75, 3.05) is 5.75 Å². The van der Waals surface area contributed by atoms with Gasteiger partial charge in [-0.1, -0.05) is 43.3 Å². The van der Waals surface area contributed by atoms with E-state index < -0.39 is 0 Å². The van der Waals surface area contributed by atoms with Crippen molar-refractivity contribution in [2.45, 2.75) is 38.9 Å². The molecule has 0 fully saturated rings. The molecule has 1 unspecified atom stereocenters. The van der Waals surface area contributed by atoms with Crippen LogP contribution in [0.1, 0.15) is 26.3 Å². The molecule has 1 amide bonds. The highest BCUT2D eigenvalue weighted by Gasteiger charge is 2.14. The first-order chi connectivity index (χ1) is 10.9. The third-order valence-electron chi connectivity index (χ3n) is 3.83. The first-order valence-corrected chi connectivity index (χ1v) is 8.97. The van der Waals surface area contributed by atoms with Crippen molar-refractivity contribution in [2.24, 2.45) is 5.92 Å². The molecular formula is C17H22ClN3OS. The van der Waals surface area contributed by atoms with Crippen molar-refractivity contribution < 1.29 is 4.79 Å². The zero-order valence-electron chi connectivity index (χ0n) is 13.8. The summed E-state index contributed by atoms with van der Waals surface area (Å²) in [5.41, 5.74) is 1.97. The number of benzene rings is 1. The number of carbonyl (C=O) groups is 1. The molecule has 0 bridgehead atoms. The molecule has 0 radical (unpaired) electrons. The van der Waals surface area contributed by atoms with Crippen LogP contribution >= 0.6 is 23.4 Å². The van der Waals surface area contributed by atoms with Gasteiger partial charge in [0, 0.05) is 23.5 Å². The maximum atomic E-state index is 12.0. The Morgan fingerprint density at radius 1 is 1.39 bits per heavy atom. The number of nitrogens with one attached hydrogen (secondary N) is 1. The van der Waals surface area contributed by atoms with Gasteiger partial charge in [-0.15, -0.1) is 0 Å². The minimum atomic E-state index is 0.0218. The molecule has 0 spiro atoms. The Hall–Kier alpha value is -1.46. The number of nitrogens with zero attached hydrogens (tertiary/aromatic N) is 2. The topological polar surface area (TPSA) is 46.9 Å². The quantitative estimate of drug-likeness (QED) is 0.797. The van der Waals surface area contributed by atoms with Gasteiger partial charge in [-0.05, 0) is 37.5 Å². The molecule has 0 saturated carbocycles. The average Bonchev–Trinajstić information content (AvgIpc) is 2.96. The van der Waals surface area contributed by atoms with Crippen molar-refractivity contribution in [3.8, 4) is 5.69 Å². The monoisotopic (exact) mass is 351 g/mol. The molecule has 2 aromatic rings. The fourth-order valence-electron chi connectivity index (χ4n) is 2.03. The van der Waals surface area contributed by atoms with Gasteiger partial charge in [-0.2, -0.15) is 0 Å². The maximum absolute atomic E-state index is 12.0. The Morgan fingerprint density at radius 2 is 2.13 bits per heavy atom. The molecule has 4 nitrogen and oxygen atoms in total. The summed E-state index contributed by atoms with van der Waals surface area (Å²) >= 11 is 7.61. The van der Waals surface area contributed by atoms with Crippen LogP contribution in [0.5, 0.6) is 0 Å². The number of carbonyl (C=O) groups excluding carboxylic acids is 1. The Labute approximate surface area is 146 Å². The molecule has 6 heteroatoms. The van der Waals surface area contributed by atoms with Crippen molar-refractivity contribution in [3.05, 3.63) is 41.2 Å². The molecule has 23 heavy (non-hydrogen) atoms. The van der Waals surface area contributed by atoms with Gasteiger partial charge in [-0.3, -0.25) is 9.36 Å². The van der Waals surface area contributed by atoms with Crippen LogP contribution in [0, 0.1) is 12.8 Å². The first kappa shape index (κ1) is 17.9. The lowest BCUT2D eigenvalue weighted by molar-refractivity contribution is -0.119. The SMILES string of the molecule is Cc1c(Cl)cccc1-n1ccnc1SCC(=O)NC(C)C(C)C. The molecule has 0 saturated heterocycles. The highest BCUT2D eigenvalue weighted by molar-refractivity contribution is 7.99. The molecule has 1 heterocycles. The molecule has 1 aromatic heterocycles. The summed E-state index contributed by atoms with van der Waals surface area (Å²) in [5, 5.41) is 4.50. The van der Waals surface area contributed by atoms with Gasteiger partial charge >= 0.3 is 0 Å². The van der Waals surface area contributed by atoms with Crippen LogP contribution in [0.2, 0.25) is 5.02 Å². The molecule has 0 aliphatic rings. The zero-order chi connectivity index (χ0) is 17.0. The summed E-state index contributed by atoms with van der Waals surface area (Å²) < 4.78 is 1.96. The largest absolute Gasteiger partial charge is 0.353 e. The normalized spacial score (nSPS) is 12.4. The summed E-state index contributed by atoms with van der Waals surface area (Å²) in [4.78, 5) is 16.4. The molecular weight excluding hydrogens is 330 g/mol. The highest BCUT2D eigenvalue weighted by atomic mass is 35.5. The fraction of sp³-hybridized carbons (Fsp3) is 0.412. The Kier molecular flexibility index (Phi) is 6.13. The van der Waals surface area contributed by atoms with E-state index in [1.165, 1.54) is 11.8 Å². The number of hydrogen-bond donors (Lipinski definition) is 1. The molecule has 1 N–H and O–H groups in total. The molecule has 124 valence electrons. The van der Waals surface area contributed by atoms with Crippen LogP contribution in [-0.2, 0) is 4.79 Å². The lowest BCUT2D eigenvalue weighted by Gasteiger charge is -2.17. The van der Waals surface area contributed by atoms with E-state index in [1.54, 1.807) is 6.20 Å². The van der Waals surface area contributed by atoms with Gasteiger partial charge in [-0.25, -0.2) is 4.98 Å². The lowest BCUT2D eigenvalue weighted by Crippen LogP contribution is -2.37. The predicted octanol–water partition coefficient (Wildman–Crippen LogP) is 4.09. The van der Waals surface area contributed by atoms with E-state index in [0.29, 0.717) is 11.7 Å². The van der Waals surface area contributed by atoms with Gasteiger partial charge in [0.1, 0.15) is 0 Å². The third-order valence-corrected chi connectivity index (χ3v) is 5.20. The molecule has 1 aromatic carbocycles. The number of thioether (sulfide) groups is 1. The van der Waals surface area contributed by atoms with E-state index in [9.17, 15) is 4.79 Å². The fourth-order valence-corrected chi connectivity index (χ4v) is 2.98. The van der Waals surface area contributed by atoms with Crippen molar-refractivity contribution in [1.82, 2.24) is 14.9 Å². The second-order valence-corrected chi connectivity index (χ2v) is 7.20. The van der Waals surface area contributed by atoms with Crippen LogP contribution in [0.25, 0.3) is 5.69 Å². The maximum Gasteiger partial charge on any atom is 0.230 e. The van der Waals surface area contributed by atoms with Crippen molar-refractivity contribution in [3.63, 3.8) is 0 Å². The smallest absolute Gasteiger partial charge is 0.230 e. The van der Waals surface area contributed by atoms with Gasteiger partial charge in [0.2, 0.25) is 5.91 Å². The van der Waals surface area contributed by atoms with Gasteiger partial charge in [0.05, 0.1) is 11.4 Å². The Balaban J connectivity index is 2.07. The van der Waals surface area contributed by atoms with Crippen LogP contribution in [0.4, 0.5) is 0 Å². The van der Waals surface area contributed by atoms with E-state index in [4.69, 9.17) is 11.6 Å². The molecule has 1 atom stereocenters. The summed E-state index contributed by atoms with van der Waals surface area (Å²) in [6.07, 6.45) is 3.62. The van der Waals surface area contributed by atoms with E-state index in [-0.39, 0.29) is 11.9 Å². The lowest BCUT2D eigenvalue weighted by atomic mass is 10.1. The van der Waals surface area contributed by atoms with E-state index in [1.807, 2.05) is 42.8 Å². The van der Waals surface area contributed by atoms with E-state index in [0.717, 1.165) is 21.4 Å². The third kappa shape index (κ3) is 4.52. The minimum Gasteiger partial charge on any atom is -0.353 e. The van der Waals surface area contributed by atoms with E-state index >= 15 is 0 Å². The minimum absolute atomic E-state index is 0.0218. The Morgan fingerprint density at radius 3 is 2.83 bits per heavy atom. The van der Waals surface area contributed by atoms with Crippen molar-refractivity contribution >= 4 is 29.3 Å². The van der Waals surface area contributed by atoms with Crippen LogP contribution in [0.15, 0.2) is 35.7 Å². The number of halogens is 1. The molecule has 2 rings (SSSR count). The molecule has 0 aliphatic heterocycles. The zero-order valence-corrected chi connectivity index (χ0v) is 15.4. The second kappa shape index (κ2) is 7.88. The second-order valence-electron chi connectivity index (χ2n) is 5.85. The first-order valence-electron chi connectivity index (χ1n) is 7.61. The summed E-state index contributed by atoms with van der Waals surface area (Å²) in [6.45, 7) is 8.17. The number of amides is 1. The summed E-state index contributed by atoms with van der Waals surface area (Å²) in [6, 6.07) is 5.94. The standard InChI is InChI=1S/C17H22ClN3OS/c1-11(2)13(4)20-16(22)10-23-17-19-8-9-21(17)15-7-5-6-14(18)12(15)3/h5-9,11,13H,10H2,1-4H3,(H,20,22). The Bertz CT molecular complexity index is 684. The summed E-state index contributed by atoms with van der Waals surface area (Å²) in [7, 11) is 0. The van der Waals surface area contributed by atoms with Crippen LogP contribution < -0.4 is 5.32 Å².